The molecule has 0 unspecified atom stereocenters. The van der Waals surface area contributed by atoms with Crippen LogP contribution in [0.5, 0.6) is 11.5 Å². The number of esters is 1. The summed E-state index contributed by atoms with van der Waals surface area (Å²) in [6.45, 7) is 3.21. The number of hydrogen-bond acceptors (Lipinski definition) is 6. The van der Waals surface area contributed by atoms with Gasteiger partial charge in [-0.2, -0.15) is 0 Å². The number of anilines is 1. The van der Waals surface area contributed by atoms with E-state index in [-0.39, 0.29) is 17.9 Å². The third-order valence-corrected chi connectivity index (χ3v) is 2.58. The Labute approximate surface area is 118 Å². The van der Waals surface area contributed by atoms with Crippen LogP contribution in [0.1, 0.15) is 23.7 Å². The minimum Gasteiger partial charge on any atom is -0.493 e. The Balaban J connectivity index is 2.68. The number of methoxy groups -OCH3 is 2. The third kappa shape index (κ3) is 4.31. The Morgan fingerprint density at radius 2 is 1.75 bits per heavy atom. The molecule has 0 aromatic heterocycles. The highest BCUT2D eigenvalue weighted by Gasteiger charge is 2.16. The lowest BCUT2D eigenvalue weighted by Gasteiger charge is -2.12. The van der Waals surface area contributed by atoms with Gasteiger partial charge in [-0.3, -0.25) is 0 Å². The van der Waals surface area contributed by atoms with Crippen LogP contribution in [0.15, 0.2) is 12.1 Å². The maximum absolute atomic E-state index is 11.9. The molecule has 1 aromatic carbocycles. The van der Waals surface area contributed by atoms with Crippen LogP contribution < -0.4 is 15.2 Å². The minimum absolute atomic E-state index is 0.187. The highest BCUT2D eigenvalue weighted by Crippen LogP contribution is 2.32. The molecule has 0 aliphatic rings. The van der Waals surface area contributed by atoms with Crippen molar-refractivity contribution in [3.05, 3.63) is 17.7 Å². The second kappa shape index (κ2) is 8.27. The van der Waals surface area contributed by atoms with Gasteiger partial charge in [0.25, 0.3) is 0 Å². The Bertz CT molecular complexity index is 447. The van der Waals surface area contributed by atoms with E-state index in [0.717, 1.165) is 6.42 Å². The van der Waals surface area contributed by atoms with Gasteiger partial charge in [0.1, 0.15) is 6.61 Å². The van der Waals surface area contributed by atoms with E-state index in [1.807, 2.05) is 6.92 Å². The van der Waals surface area contributed by atoms with Crippen molar-refractivity contribution in [1.29, 1.82) is 0 Å². The second-order valence-electron chi connectivity index (χ2n) is 4.04. The highest BCUT2D eigenvalue weighted by molar-refractivity contribution is 5.96. The Hall–Kier alpha value is -1.95. The van der Waals surface area contributed by atoms with Gasteiger partial charge in [0.05, 0.1) is 32.1 Å². The summed E-state index contributed by atoms with van der Waals surface area (Å²) in [4.78, 5) is 11.9. The van der Waals surface area contributed by atoms with Crippen LogP contribution in [0.3, 0.4) is 0 Å². The standard InChI is InChI=1S/C14H21NO5/c1-4-5-19-6-7-20-14(16)10-8-12(17-2)13(18-3)9-11(10)15/h8-9H,4-7,15H2,1-3H3. The topological polar surface area (TPSA) is 80.0 Å². The zero-order valence-corrected chi connectivity index (χ0v) is 12.1. The van der Waals surface area contributed by atoms with Crippen molar-refractivity contribution in [3.63, 3.8) is 0 Å². The fraction of sp³-hybridized carbons (Fsp3) is 0.500. The summed E-state index contributed by atoms with van der Waals surface area (Å²) in [5, 5.41) is 0. The number of nitrogens with two attached hydrogens (primary N) is 1. The average molecular weight is 283 g/mol. The van der Waals surface area contributed by atoms with E-state index < -0.39 is 5.97 Å². The van der Waals surface area contributed by atoms with Crippen molar-refractivity contribution in [2.24, 2.45) is 0 Å². The van der Waals surface area contributed by atoms with Gasteiger partial charge in [0.15, 0.2) is 11.5 Å². The van der Waals surface area contributed by atoms with Crippen molar-refractivity contribution in [1.82, 2.24) is 0 Å². The van der Waals surface area contributed by atoms with Crippen LogP contribution in [0.4, 0.5) is 5.69 Å². The minimum atomic E-state index is -0.511. The Morgan fingerprint density at radius 1 is 1.10 bits per heavy atom. The summed E-state index contributed by atoms with van der Waals surface area (Å²) in [6, 6.07) is 3.03. The zero-order chi connectivity index (χ0) is 15.0. The van der Waals surface area contributed by atoms with E-state index in [1.54, 1.807) is 0 Å². The van der Waals surface area contributed by atoms with Crippen molar-refractivity contribution >= 4 is 11.7 Å². The molecule has 0 radical (unpaired) electrons. The number of carbonyl (C=O) groups is 1. The molecule has 0 saturated carbocycles. The van der Waals surface area contributed by atoms with E-state index in [2.05, 4.69) is 0 Å². The molecule has 112 valence electrons. The summed E-state index contributed by atoms with van der Waals surface area (Å²) in [5.41, 5.74) is 6.33. The Morgan fingerprint density at radius 3 is 2.35 bits per heavy atom. The molecule has 0 heterocycles. The lowest BCUT2D eigenvalue weighted by molar-refractivity contribution is 0.0319. The van der Waals surface area contributed by atoms with Gasteiger partial charge in [-0.05, 0) is 6.42 Å². The summed E-state index contributed by atoms with van der Waals surface area (Å²) >= 11 is 0. The second-order valence-corrected chi connectivity index (χ2v) is 4.04. The van der Waals surface area contributed by atoms with Crippen LogP contribution in [0.2, 0.25) is 0 Å². The first-order valence-electron chi connectivity index (χ1n) is 6.40. The van der Waals surface area contributed by atoms with Crippen LogP contribution in [-0.4, -0.2) is 40.0 Å². The SMILES string of the molecule is CCCOCCOC(=O)c1cc(OC)c(OC)cc1N. The van der Waals surface area contributed by atoms with Crippen molar-refractivity contribution in [2.45, 2.75) is 13.3 Å². The number of benzene rings is 1. The molecule has 0 atom stereocenters. The third-order valence-electron chi connectivity index (χ3n) is 2.58. The smallest absolute Gasteiger partial charge is 0.340 e. The first-order valence-corrected chi connectivity index (χ1v) is 6.40. The van der Waals surface area contributed by atoms with E-state index in [4.69, 9.17) is 24.7 Å². The molecule has 0 bridgehead atoms. The van der Waals surface area contributed by atoms with E-state index >= 15 is 0 Å². The Kier molecular flexibility index (Phi) is 6.66. The van der Waals surface area contributed by atoms with Crippen LogP contribution in [-0.2, 0) is 9.47 Å². The molecule has 0 aliphatic carbocycles. The molecule has 6 nitrogen and oxygen atoms in total. The fourth-order valence-corrected chi connectivity index (χ4v) is 1.59. The van der Waals surface area contributed by atoms with Gasteiger partial charge >= 0.3 is 5.97 Å². The average Bonchev–Trinajstić information content (AvgIpc) is 2.46. The first-order chi connectivity index (χ1) is 9.63. The van der Waals surface area contributed by atoms with Gasteiger partial charge in [-0.25, -0.2) is 4.79 Å². The lowest BCUT2D eigenvalue weighted by atomic mass is 10.1. The van der Waals surface area contributed by atoms with Crippen LogP contribution in [0, 0.1) is 0 Å². The maximum Gasteiger partial charge on any atom is 0.340 e. The van der Waals surface area contributed by atoms with E-state index in [1.165, 1.54) is 26.4 Å². The summed E-state index contributed by atoms with van der Waals surface area (Å²) < 4.78 is 20.5. The lowest BCUT2D eigenvalue weighted by Crippen LogP contribution is -2.13. The maximum atomic E-state index is 11.9. The molecule has 2 N–H and O–H groups in total. The molecular formula is C14H21NO5. The summed E-state index contributed by atoms with van der Waals surface area (Å²) in [6.07, 6.45) is 0.927. The van der Waals surface area contributed by atoms with Gasteiger partial charge < -0.3 is 24.7 Å². The number of nitrogen functional groups attached to an aromatic ring is 1. The molecule has 0 amide bonds. The van der Waals surface area contributed by atoms with Crippen LogP contribution >= 0.6 is 0 Å². The quantitative estimate of drug-likeness (QED) is 0.445. The molecule has 6 heteroatoms. The van der Waals surface area contributed by atoms with E-state index in [9.17, 15) is 4.79 Å². The van der Waals surface area contributed by atoms with E-state index in [0.29, 0.717) is 24.7 Å². The zero-order valence-electron chi connectivity index (χ0n) is 12.1. The predicted octanol–water partition coefficient (Wildman–Crippen LogP) is 1.87. The summed E-state index contributed by atoms with van der Waals surface area (Å²) in [5.74, 6) is 0.382. The fourth-order valence-electron chi connectivity index (χ4n) is 1.59. The predicted molar refractivity (Wildman–Crippen MR) is 75.4 cm³/mol. The number of ether oxygens (including phenoxy) is 4. The molecule has 1 rings (SSSR count). The van der Waals surface area contributed by atoms with Crippen molar-refractivity contribution < 1.29 is 23.7 Å². The monoisotopic (exact) mass is 283 g/mol. The van der Waals surface area contributed by atoms with Crippen LogP contribution in [0.25, 0.3) is 0 Å². The summed E-state index contributed by atoms with van der Waals surface area (Å²) in [7, 11) is 2.99. The molecule has 0 saturated heterocycles. The molecule has 0 spiro atoms. The molecule has 0 fully saturated rings. The largest absolute Gasteiger partial charge is 0.493 e. The number of hydrogen-bond donors (Lipinski definition) is 1. The number of carbonyl (C=O) groups excluding carboxylic acids is 1. The van der Waals surface area contributed by atoms with Gasteiger partial charge in [-0.1, -0.05) is 6.92 Å². The molecule has 20 heavy (non-hydrogen) atoms. The van der Waals surface area contributed by atoms with Crippen molar-refractivity contribution in [3.8, 4) is 11.5 Å². The highest BCUT2D eigenvalue weighted by atomic mass is 16.6. The van der Waals surface area contributed by atoms with Crippen molar-refractivity contribution in [2.75, 3.05) is 39.8 Å². The number of rotatable bonds is 8. The van der Waals surface area contributed by atoms with Gasteiger partial charge in [0, 0.05) is 18.7 Å². The molecular weight excluding hydrogens is 262 g/mol. The van der Waals surface area contributed by atoms with Gasteiger partial charge in [-0.15, -0.1) is 0 Å². The normalized spacial score (nSPS) is 10.2. The molecule has 1 aromatic rings. The first kappa shape index (κ1) is 16.1. The molecule has 0 aliphatic heterocycles. The van der Waals surface area contributed by atoms with Gasteiger partial charge in [0.2, 0.25) is 0 Å².